The van der Waals surface area contributed by atoms with Gasteiger partial charge in [0.05, 0.1) is 22.1 Å². The lowest BCUT2D eigenvalue weighted by Gasteiger charge is -2.20. The normalized spacial score (nSPS) is 11.6. The van der Waals surface area contributed by atoms with Crippen LogP contribution >= 0.6 is 0 Å². The third-order valence-electron chi connectivity index (χ3n) is 12.4. The second kappa shape index (κ2) is 15.3. The second-order valence-electron chi connectivity index (χ2n) is 16.2. The summed E-state index contributed by atoms with van der Waals surface area (Å²) >= 11 is 0. The van der Waals surface area contributed by atoms with Gasteiger partial charge in [0, 0.05) is 23.4 Å². The molecule has 12 aromatic rings. The SMILES string of the molecule is c1ccc(-c2c3ccc(-n4c(-c5ccccc5)nc5ccccc54)cc3c(-c3ccccc3)c3ccc(-c4ccc(Cn5c(-c6ccccc6)nc6ccccc65)cc4)cc23)cc1. The minimum atomic E-state index is 0.719. The molecule has 0 N–H and O–H groups in total. The number of fused-ring (bicyclic) bond motifs is 4. The van der Waals surface area contributed by atoms with Crippen LogP contribution in [0.3, 0.4) is 0 Å². The fourth-order valence-electron chi connectivity index (χ4n) is 9.46. The molecule has 0 fully saturated rings. The smallest absolute Gasteiger partial charge is 0.145 e. The largest absolute Gasteiger partial charge is 0.319 e. The summed E-state index contributed by atoms with van der Waals surface area (Å²) in [5.41, 5.74) is 15.8. The monoisotopic (exact) mass is 804 g/mol. The third kappa shape index (κ3) is 6.39. The van der Waals surface area contributed by atoms with Gasteiger partial charge in [0.2, 0.25) is 0 Å². The van der Waals surface area contributed by atoms with Crippen molar-refractivity contribution in [2.45, 2.75) is 6.54 Å². The molecule has 10 aromatic carbocycles. The van der Waals surface area contributed by atoms with Gasteiger partial charge in [-0.15, -0.1) is 0 Å². The van der Waals surface area contributed by atoms with Crippen LogP contribution in [0.25, 0.3) is 105 Å². The van der Waals surface area contributed by atoms with E-state index in [0.29, 0.717) is 0 Å². The van der Waals surface area contributed by atoms with Crippen molar-refractivity contribution in [1.29, 1.82) is 0 Å². The Kier molecular flexibility index (Phi) is 8.86. The topological polar surface area (TPSA) is 35.6 Å². The van der Waals surface area contributed by atoms with E-state index in [1.54, 1.807) is 0 Å². The van der Waals surface area contributed by atoms with Gasteiger partial charge in [0.15, 0.2) is 0 Å². The quantitative estimate of drug-likeness (QED) is 0.143. The maximum atomic E-state index is 5.18. The van der Waals surface area contributed by atoms with Crippen LogP contribution in [0.1, 0.15) is 5.56 Å². The van der Waals surface area contributed by atoms with Crippen LogP contribution in [0.15, 0.2) is 231 Å². The number of hydrogen-bond acceptors (Lipinski definition) is 2. The van der Waals surface area contributed by atoms with Gasteiger partial charge in [-0.1, -0.05) is 188 Å². The lowest BCUT2D eigenvalue weighted by atomic mass is 9.84. The Morgan fingerprint density at radius 2 is 0.778 bits per heavy atom. The Balaban J connectivity index is 1.03. The van der Waals surface area contributed by atoms with E-state index < -0.39 is 0 Å². The highest BCUT2D eigenvalue weighted by atomic mass is 15.1. The lowest BCUT2D eigenvalue weighted by molar-refractivity contribution is 0.834. The van der Waals surface area contributed by atoms with Gasteiger partial charge in [-0.2, -0.15) is 0 Å². The second-order valence-corrected chi connectivity index (χ2v) is 16.2. The van der Waals surface area contributed by atoms with Crippen molar-refractivity contribution < 1.29 is 0 Å². The molecule has 296 valence electrons. The fraction of sp³-hybridized carbons (Fsp3) is 0.0169. The molecule has 0 spiro atoms. The maximum Gasteiger partial charge on any atom is 0.145 e. The molecule has 0 amide bonds. The molecule has 0 unspecified atom stereocenters. The summed E-state index contributed by atoms with van der Waals surface area (Å²) in [5, 5.41) is 4.83. The van der Waals surface area contributed by atoms with E-state index in [4.69, 9.17) is 9.97 Å². The number of rotatable bonds is 8. The van der Waals surface area contributed by atoms with E-state index in [1.807, 2.05) is 0 Å². The lowest BCUT2D eigenvalue weighted by Crippen LogP contribution is -2.02. The summed E-state index contributed by atoms with van der Waals surface area (Å²) in [6.45, 7) is 0.719. The molecule has 0 saturated heterocycles. The Hall–Kier alpha value is -8.34. The molecule has 0 bridgehead atoms. The average Bonchev–Trinajstić information content (AvgIpc) is 3.93. The zero-order valence-corrected chi connectivity index (χ0v) is 34.4. The summed E-state index contributed by atoms with van der Waals surface area (Å²) in [5.74, 6) is 1.90. The van der Waals surface area contributed by atoms with Gasteiger partial charge >= 0.3 is 0 Å². The Bertz CT molecular complexity index is 3610. The standard InChI is InChI=1S/C59H40N4/c1-5-17-42(18-6-1)56-49-36-34-47(63-55-28-16-14-26-53(55)61-59(63)45-23-11-4-12-24-45)38-51(49)57(43-19-7-2-8-20-43)48-35-33-46(37-50(48)56)41-31-29-40(30-32-41)39-62-54-27-15-13-25-52(54)60-58(62)44-21-9-3-10-22-44/h1-38H,39H2. The van der Waals surface area contributed by atoms with Gasteiger partial charge in [0.1, 0.15) is 11.6 Å². The van der Waals surface area contributed by atoms with Gasteiger partial charge < -0.3 is 4.57 Å². The minimum Gasteiger partial charge on any atom is -0.319 e. The van der Waals surface area contributed by atoms with Crippen molar-refractivity contribution in [2.75, 3.05) is 0 Å². The van der Waals surface area contributed by atoms with E-state index in [9.17, 15) is 0 Å². The molecule has 63 heavy (non-hydrogen) atoms. The zero-order chi connectivity index (χ0) is 41.7. The number of para-hydroxylation sites is 4. The van der Waals surface area contributed by atoms with Crippen molar-refractivity contribution >= 4 is 43.6 Å². The molecule has 0 atom stereocenters. The molecule has 0 aliphatic carbocycles. The number of nitrogens with zero attached hydrogens (tertiary/aromatic N) is 4. The van der Waals surface area contributed by atoms with Crippen molar-refractivity contribution in [3.63, 3.8) is 0 Å². The number of aromatic nitrogens is 4. The van der Waals surface area contributed by atoms with Crippen molar-refractivity contribution in [3.05, 3.63) is 236 Å². The van der Waals surface area contributed by atoms with Crippen molar-refractivity contribution in [3.8, 4) is 61.8 Å². The van der Waals surface area contributed by atoms with Crippen LogP contribution in [-0.4, -0.2) is 19.1 Å². The van der Waals surface area contributed by atoms with Crippen molar-refractivity contribution in [1.82, 2.24) is 19.1 Å². The number of benzene rings is 10. The molecule has 0 aliphatic rings. The third-order valence-corrected chi connectivity index (χ3v) is 12.4. The van der Waals surface area contributed by atoms with Crippen LogP contribution in [0, 0.1) is 0 Å². The van der Waals surface area contributed by atoms with E-state index in [2.05, 4.69) is 240 Å². The molecule has 2 heterocycles. The highest BCUT2D eigenvalue weighted by molar-refractivity contribution is 6.22. The van der Waals surface area contributed by atoms with Crippen LogP contribution in [0.4, 0.5) is 0 Å². The Morgan fingerprint density at radius 3 is 1.40 bits per heavy atom. The van der Waals surface area contributed by atoms with E-state index in [-0.39, 0.29) is 0 Å². The predicted octanol–water partition coefficient (Wildman–Crippen LogP) is 15.1. The predicted molar refractivity (Wildman–Crippen MR) is 262 cm³/mol. The van der Waals surface area contributed by atoms with Gasteiger partial charge in [-0.05, 0) is 103 Å². The highest BCUT2D eigenvalue weighted by Crippen LogP contribution is 2.46. The zero-order valence-electron chi connectivity index (χ0n) is 34.4. The first-order valence-electron chi connectivity index (χ1n) is 21.5. The van der Waals surface area contributed by atoms with Crippen LogP contribution in [0.2, 0.25) is 0 Å². The first-order chi connectivity index (χ1) is 31.2. The molecule has 2 aromatic heterocycles. The van der Waals surface area contributed by atoms with Crippen LogP contribution in [-0.2, 0) is 6.54 Å². The molecule has 0 radical (unpaired) electrons. The molecule has 4 nitrogen and oxygen atoms in total. The van der Waals surface area contributed by atoms with Gasteiger partial charge in [-0.3, -0.25) is 4.57 Å². The summed E-state index contributed by atoms with van der Waals surface area (Å²) in [6, 6.07) is 82.7. The first-order valence-corrected chi connectivity index (χ1v) is 21.5. The summed E-state index contributed by atoms with van der Waals surface area (Å²) < 4.78 is 4.65. The molecular weight excluding hydrogens is 765 g/mol. The first kappa shape index (κ1) is 36.5. The highest BCUT2D eigenvalue weighted by Gasteiger charge is 2.21. The van der Waals surface area contributed by atoms with Gasteiger partial charge in [-0.25, -0.2) is 9.97 Å². The molecule has 0 aliphatic heterocycles. The van der Waals surface area contributed by atoms with E-state index in [1.165, 1.54) is 60.5 Å². The molecule has 0 saturated carbocycles. The van der Waals surface area contributed by atoms with Crippen LogP contribution in [0.5, 0.6) is 0 Å². The molecular formula is C59H40N4. The molecule has 4 heteroatoms. The summed E-state index contributed by atoms with van der Waals surface area (Å²) in [4.78, 5) is 10.2. The van der Waals surface area contributed by atoms with Crippen molar-refractivity contribution in [2.24, 2.45) is 0 Å². The Morgan fingerprint density at radius 1 is 0.317 bits per heavy atom. The van der Waals surface area contributed by atoms with E-state index in [0.717, 1.165) is 57.1 Å². The van der Waals surface area contributed by atoms with Gasteiger partial charge in [0.25, 0.3) is 0 Å². The molecule has 12 rings (SSSR count). The van der Waals surface area contributed by atoms with E-state index >= 15 is 0 Å². The minimum absolute atomic E-state index is 0.719. The van der Waals surface area contributed by atoms with Crippen LogP contribution < -0.4 is 0 Å². The average molecular weight is 805 g/mol. The number of hydrogen-bond donors (Lipinski definition) is 0. The Labute approximate surface area is 365 Å². The maximum absolute atomic E-state index is 5.18. The summed E-state index contributed by atoms with van der Waals surface area (Å²) in [6.07, 6.45) is 0. The number of imidazole rings is 2. The summed E-state index contributed by atoms with van der Waals surface area (Å²) in [7, 11) is 0. The fourth-order valence-corrected chi connectivity index (χ4v) is 9.46.